The van der Waals surface area contributed by atoms with Gasteiger partial charge in [0.25, 0.3) is 0 Å². The molecule has 0 atom stereocenters. The van der Waals surface area contributed by atoms with Crippen LogP contribution in [0.15, 0.2) is 42.5 Å². The number of benzene rings is 2. The van der Waals surface area contributed by atoms with Crippen molar-refractivity contribution in [3.63, 3.8) is 0 Å². The first kappa shape index (κ1) is 10.8. The predicted octanol–water partition coefficient (Wildman–Crippen LogP) is 3.76. The summed E-state index contributed by atoms with van der Waals surface area (Å²) in [7, 11) is 0. The van der Waals surface area contributed by atoms with Crippen LogP contribution in [-0.4, -0.2) is 12.8 Å². The number of hydrogen-bond donors (Lipinski definition) is 0. The molecule has 3 heteroatoms. The minimum absolute atomic E-state index is 0.629. The molecule has 0 N–H and O–H groups in total. The van der Waals surface area contributed by atoms with Crippen LogP contribution in [0.2, 0.25) is 0 Å². The fourth-order valence-corrected chi connectivity index (χ4v) is 2.26. The van der Waals surface area contributed by atoms with E-state index >= 15 is 0 Å². The fourth-order valence-electron chi connectivity index (χ4n) is 2.26. The molecule has 0 aromatic heterocycles. The van der Waals surface area contributed by atoms with Crippen molar-refractivity contribution in [2.75, 3.05) is 11.4 Å². The van der Waals surface area contributed by atoms with Gasteiger partial charge >= 0.3 is 0 Å². The number of carbonyl (C=O) groups is 1. The summed E-state index contributed by atoms with van der Waals surface area (Å²) < 4.78 is 5.85. The van der Waals surface area contributed by atoms with Crippen LogP contribution in [-0.2, 0) is 0 Å². The summed E-state index contributed by atoms with van der Waals surface area (Å²) >= 11 is 0. The first-order valence-electron chi connectivity index (χ1n) is 5.97. The van der Waals surface area contributed by atoms with Gasteiger partial charge in [-0.25, -0.2) is 0 Å². The van der Waals surface area contributed by atoms with Crippen LogP contribution < -0.4 is 9.64 Å². The minimum atomic E-state index is 0.629. The number of fused-ring (bicyclic) bond motifs is 2. The quantitative estimate of drug-likeness (QED) is 0.747. The van der Waals surface area contributed by atoms with Gasteiger partial charge in [-0.2, -0.15) is 0 Å². The minimum Gasteiger partial charge on any atom is -0.453 e. The number of hydrogen-bond acceptors (Lipinski definition) is 3. The predicted molar refractivity (Wildman–Crippen MR) is 71.0 cm³/mol. The van der Waals surface area contributed by atoms with Crippen molar-refractivity contribution in [2.45, 2.75) is 6.92 Å². The topological polar surface area (TPSA) is 29.5 Å². The highest BCUT2D eigenvalue weighted by atomic mass is 16.5. The molecule has 0 bridgehead atoms. The van der Waals surface area contributed by atoms with E-state index < -0.39 is 0 Å². The van der Waals surface area contributed by atoms with Gasteiger partial charge in [-0.3, -0.25) is 4.79 Å². The molecule has 0 saturated heterocycles. The smallest absolute Gasteiger partial charge is 0.151 e. The Balaban J connectivity index is 2.16. The van der Waals surface area contributed by atoms with E-state index in [0.29, 0.717) is 5.56 Å². The SMILES string of the molecule is CCN1c2ccccc2Oc2cc(C=O)ccc21. The third-order valence-corrected chi connectivity index (χ3v) is 3.10. The Labute approximate surface area is 106 Å². The van der Waals surface area contributed by atoms with E-state index in [0.717, 1.165) is 35.7 Å². The Bertz CT molecular complexity index is 607. The molecule has 3 nitrogen and oxygen atoms in total. The monoisotopic (exact) mass is 239 g/mol. The zero-order chi connectivity index (χ0) is 12.5. The highest BCUT2D eigenvalue weighted by molar-refractivity contribution is 5.83. The van der Waals surface area contributed by atoms with Crippen molar-refractivity contribution in [1.29, 1.82) is 0 Å². The number of ether oxygens (including phenoxy) is 1. The molecule has 90 valence electrons. The summed E-state index contributed by atoms with van der Waals surface area (Å²) in [6.07, 6.45) is 0.834. The number of aldehydes is 1. The number of nitrogens with zero attached hydrogens (tertiary/aromatic N) is 1. The molecule has 3 rings (SSSR count). The van der Waals surface area contributed by atoms with Crippen molar-refractivity contribution in [2.24, 2.45) is 0 Å². The van der Waals surface area contributed by atoms with Crippen LogP contribution >= 0.6 is 0 Å². The molecule has 0 radical (unpaired) electrons. The van der Waals surface area contributed by atoms with E-state index in [2.05, 4.69) is 11.8 Å². The maximum atomic E-state index is 10.8. The van der Waals surface area contributed by atoms with Crippen LogP contribution in [0.3, 0.4) is 0 Å². The molecule has 0 unspecified atom stereocenters. The normalized spacial score (nSPS) is 12.4. The molecule has 1 aliphatic heterocycles. The van der Waals surface area contributed by atoms with Crippen LogP contribution in [0.4, 0.5) is 11.4 Å². The maximum absolute atomic E-state index is 10.8. The Kier molecular flexibility index (Phi) is 2.52. The molecule has 0 amide bonds. The molecule has 1 aliphatic rings. The summed E-state index contributed by atoms with van der Waals surface area (Å²) in [5.74, 6) is 1.56. The van der Waals surface area contributed by atoms with Crippen LogP contribution in [0, 0.1) is 0 Å². The zero-order valence-electron chi connectivity index (χ0n) is 10.1. The standard InChI is InChI=1S/C15H13NO2/c1-2-16-12-5-3-4-6-14(12)18-15-9-11(10-17)7-8-13(15)16/h3-10H,2H2,1H3. The molecule has 2 aromatic rings. The lowest BCUT2D eigenvalue weighted by molar-refractivity contribution is 0.112. The molecule has 2 aromatic carbocycles. The average Bonchev–Trinajstić information content (AvgIpc) is 2.44. The first-order chi connectivity index (χ1) is 8.83. The maximum Gasteiger partial charge on any atom is 0.151 e. The van der Waals surface area contributed by atoms with Gasteiger partial charge in [0.05, 0.1) is 11.4 Å². The Morgan fingerprint density at radius 2 is 1.89 bits per heavy atom. The highest BCUT2D eigenvalue weighted by Gasteiger charge is 2.22. The van der Waals surface area contributed by atoms with Gasteiger partial charge in [0, 0.05) is 12.1 Å². The Morgan fingerprint density at radius 3 is 2.67 bits per heavy atom. The van der Waals surface area contributed by atoms with Crippen LogP contribution in [0.1, 0.15) is 17.3 Å². The highest BCUT2D eigenvalue weighted by Crippen LogP contribution is 2.46. The number of carbonyl (C=O) groups excluding carboxylic acids is 1. The van der Waals surface area contributed by atoms with Gasteiger partial charge in [-0.1, -0.05) is 12.1 Å². The third-order valence-electron chi connectivity index (χ3n) is 3.10. The molecule has 18 heavy (non-hydrogen) atoms. The second-order valence-electron chi connectivity index (χ2n) is 4.16. The summed E-state index contributed by atoms with van der Waals surface area (Å²) in [5.41, 5.74) is 2.69. The summed E-state index contributed by atoms with van der Waals surface area (Å²) in [5, 5.41) is 0. The molecule has 0 saturated carbocycles. The van der Waals surface area contributed by atoms with E-state index in [9.17, 15) is 4.79 Å². The molecule has 0 fully saturated rings. The third kappa shape index (κ3) is 1.56. The van der Waals surface area contributed by atoms with E-state index in [1.807, 2.05) is 36.4 Å². The fraction of sp³-hybridized carbons (Fsp3) is 0.133. The number of para-hydroxylation sites is 2. The lowest BCUT2D eigenvalue weighted by atomic mass is 10.1. The van der Waals surface area contributed by atoms with Gasteiger partial charge in [0.15, 0.2) is 11.5 Å². The van der Waals surface area contributed by atoms with Crippen LogP contribution in [0.25, 0.3) is 0 Å². The van der Waals surface area contributed by atoms with Crippen molar-refractivity contribution < 1.29 is 9.53 Å². The van der Waals surface area contributed by atoms with E-state index in [-0.39, 0.29) is 0 Å². The Hall–Kier alpha value is -2.29. The van der Waals surface area contributed by atoms with Crippen molar-refractivity contribution >= 4 is 17.7 Å². The average molecular weight is 239 g/mol. The van der Waals surface area contributed by atoms with Crippen molar-refractivity contribution in [3.05, 3.63) is 48.0 Å². The van der Waals surface area contributed by atoms with Gasteiger partial charge in [-0.05, 0) is 37.3 Å². The molecule has 0 aliphatic carbocycles. The Morgan fingerprint density at radius 1 is 1.11 bits per heavy atom. The second-order valence-corrected chi connectivity index (χ2v) is 4.16. The van der Waals surface area contributed by atoms with Gasteiger partial charge in [-0.15, -0.1) is 0 Å². The molecular formula is C15H13NO2. The van der Waals surface area contributed by atoms with Gasteiger partial charge in [0.1, 0.15) is 6.29 Å². The van der Waals surface area contributed by atoms with Crippen LogP contribution in [0.5, 0.6) is 11.5 Å². The largest absolute Gasteiger partial charge is 0.453 e. The van der Waals surface area contributed by atoms with E-state index in [4.69, 9.17) is 4.74 Å². The van der Waals surface area contributed by atoms with Gasteiger partial charge in [0.2, 0.25) is 0 Å². The summed E-state index contributed by atoms with van der Waals surface area (Å²) in [6.45, 7) is 2.95. The summed E-state index contributed by atoms with van der Waals surface area (Å²) in [6, 6.07) is 13.4. The van der Waals surface area contributed by atoms with E-state index in [1.54, 1.807) is 6.07 Å². The zero-order valence-corrected chi connectivity index (χ0v) is 10.1. The molecule has 1 heterocycles. The lowest BCUT2D eigenvalue weighted by Gasteiger charge is -2.31. The first-order valence-corrected chi connectivity index (χ1v) is 5.97. The molecule has 0 spiro atoms. The number of rotatable bonds is 2. The number of anilines is 2. The lowest BCUT2D eigenvalue weighted by Crippen LogP contribution is -2.20. The molecular weight excluding hydrogens is 226 g/mol. The van der Waals surface area contributed by atoms with E-state index in [1.165, 1.54) is 0 Å². The van der Waals surface area contributed by atoms with Gasteiger partial charge < -0.3 is 9.64 Å². The van der Waals surface area contributed by atoms with Crippen molar-refractivity contribution in [1.82, 2.24) is 0 Å². The second kappa shape index (κ2) is 4.18. The summed E-state index contributed by atoms with van der Waals surface area (Å²) in [4.78, 5) is 13.0. The van der Waals surface area contributed by atoms with Crippen molar-refractivity contribution in [3.8, 4) is 11.5 Å².